The summed E-state index contributed by atoms with van der Waals surface area (Å²) in [5.41, 5.74) is 0. The van der Waals surface area contributed by atoms with Gasteiger partial charge in [0.15, 0.2) is 0 Å². The molecule has 0 heterocycles. The summed E-state index contributed by atoms with van der Waals surface area (Å²) in [6.07, 6.45) is 6.43. The molecule has 0 aliphatic carbocycles. The third-order valence-electron chi connectivity index (χ3n) is 2.37. The van der Waals surface area contributed by atoms with Crippen LogP contribution in [0.25, 0.3) is 0 Å². The van der Waals surface area contributed by atoms with Crippen molar-refractivity contribution in [2.24, 2.45) is 0 Å². The molecular formula is C16H32O6Zr. The van der Waals surface area contributed by atoms with Crippen LogP contribution < -0.4 is 0 Å². The molecule has 0 aromatic carbocycles. The molecule has 0 atom stereocenters. The second-order valence-corrected chi connectivity index (χ2v) is 4.76. The molecule has 0 aliphatic rings. The van der Waals surface area contributed by atoms with Crippen molar-refractivity contribution >= 4 is 11.9 Å². The van der Waals surface area contributed by atoms with Crippen LogP contribution in [-0.2, 0) is 55.3 Å². The van der Waals surface area contributed by atoms with Crippen LogP contribution in [0.5, 0.6) is 0 Å². The Kier molecular flexibility index (Phi) is 28.8. The van der Waals surface area contributed by atoms with E-state index in [1.54, 1.807) is 0 Å². The summed E-state index contributed by atoms with van der Waals surface area (Å²) in [5.74, 6) is -0.549. The van der Waals surface area contributed by atoms with E-state index in [0.717, 1.165) is 38.5 Å². The molecule has 0 fully saturated rings. The molecule has 6 nitrogen and oxygen atoms in total. The molecule has 0 saturated carbocycles. The third-order valence-corrected chi connectivity index (χ3v) is 2.37. The topological polar surface area (TPSA) is 71.1 Å². The predicted molar refractivity (Wildman–Crippen MR) is 83.7 cm³/mol. The Morgan fingerprint density at radius 2 is 1.00 bits per heavy atom. The van der Waals surface area contributed by atoms with Crippen LogP contribution in [-0.4, -0.2) is 25.2 Å². The van der Waals surface area contributed by atoms with Gasteiger partial charge in [-0.05, 0) is 25.7 Å². The quantitative estimate of drug-likeness (QED) is 0.273. The summed E-state index contributed by atoms with van der Waals surface area (Å²) in [7, 11) is 0. The normalized spacial score (nSPS) is 9.22. The fourth-order valence-electron chi connectivity index (χ4n) is 1.11. The second kappa shape index (κ2) is 24.0. The van der Waals surface area contributed by atoms with Crippen LogP contribution in [0.3, 0.4) is 0 Å². The summed E-state index contributed by atoms with van der Waals surface area (Å²) in [5, 5.41) is 0. The maximum absolute atomic E-state index is 10.7. The van der Waals surface area contributed by atoms with Crippen LogP contribution in [0.4, 0.5) is 0 Å². The zero-order valence-electron chi connectivity index (χ0n) is 15.0. The van der Waals surface area contributed by atoms with E-state index >= 15 is 0 Å². The summed E-state index contributed by atoms with van der Waals surface area (Å²) in [6, 6.07) is 0. The number of hydrogen-bond donors (Lipinski definition) is 0. The number of unbranched alkanes of at least 4 members (excludes halogenated alkanes) is 2. The van der Waals surface area contributed by atoms with Crippen LogP contribution in [0.15, 0.2) is 0 Å². The fourth-order valence-corrected chi connectivity index (χ4v) is 1.11. The van der Waals surface area contributed by atoms with Crippen molar-refractivity contribution in [3.05, 3.63) is 0 Å². The van der Waals surface area contributed by atoms with E-state index in [0.29, 0.717) is 26.1 Å². The molecule has 0 spiro atoms. The Hall–Kier alpha value is -0.257. The monoisotopic (exact) mass is 410 g/mol. The average molecular weight is 412 g/mol. The molecule has 0 rings (SSSR count). The zero-order valence-corrected chi connectivity index (χ0v) is 17.5. The molecule has 0 amide bonds. The van der Waals surface area contributed by atoms with Gasteiger partial charge in [0.25, 0.3) is 0 Å². The van der Waals surface area contributed by atoms with E-state index in [1.165, 1.54) is 0 Å². The van der Waals surface area contributed by atoms with Crippen LogP contribution in [0.2, 0.25) is 0 Å². The van der Waals surface area contributed by atoms with E-state index in [-0.39, 0.29) is 38.1 Å². The van der Waals surface area contributed by atoms with Gasteiger partial charge >= 0.3 is 11.9 Å². The van der Waals surface area contributed by atoms with Gasteiger partial charge in [-0.3, -0.25) is 9.78 Å². The van der Waals surface area contributed by atoms with Crippen molar-refractivity contribution in [3.8, 4) is 0 Å². The Morgan fingerprint density at radius 3 is 1.26 bits per heavy atom. The molecule has 0 N–H and O–H groups in total. The van der Waals surface area contributed by atoms with Crippen LogP contribution in [0, 0.1) is 0 Å². The minimum Gasteiger partial charge on any atom is -0.298 e. The number of rotatable bonds is 12. The number of carbonyl (C=O) groups excluding carboxylic acids is 2. The summed E-state index contributed by atoms with van der Waals surface area (Å²) in [4.78, 5) is 39.5. The van der Waals surface area contributed by atoms with Gasteiger partial charge in [0.2, 0.25) is 0 Å². The third kappa shape index (κ3) is 26.9. The van der Waals surface area contributed by atoms with Gasteiger partial charge in [0.1, 0.15) is 0 Å². The molecule has 0 aromatic rings. The van der Waals surface area contributed by atoms with Gasteiger partial charge in [0, 0.05) is 39.0 Å². The van der Waals surface area contributed by atoms with Crippen molar-refractivity contribution in [2.45, 2.75) is 79.1 Å². The molecule has 0 aromatic heterocycles. The summed E-state index contributed by atoms with van der Waals surface area (Å²) >= 11 is 0. The second-order valence-electron chi connectivity index (χ2n) is 4.76. The fraction of sp³-hybridized carbons (Fsp3) is 0.875. The number of carbonyl (C=O) groups is 2. The Morgan fingerprint density at radius 1 is 0.652 bits per heavy atom. The van der Waals surface area contributed by atoms with E-state index in [4.69, 9.17) is 0 Å². The first-order valence-corrected chi connectivity index (χ1v) is 8.26. The van der Waals surface area contributed by atoms with Crippen molar-refractivity contribution in [1.82, 2.24) is 0 Å². The maximum atomic E-state index is 10.7. The van der Waals surface area contributed by atoms with E-state index < -0.39 is 0 Å². The predicted octanol–water partition coefficient (Wildman–Crippen LogP) is 4.12. The SMILES string of the molecule is CCCCOOC(=O)CCC.CCCCOOC(=O)CCC.[Zr]. The minimum atomic E-state index is -0.274. The smallest absolute Gasteiger partial charge is 0.298 e. The minimum absolute atomic E-state index is 0. The maximum Gasteiger partial charge on any atom is 0.342 e. The van der Waals surface area contributed by atoms with Crippen LogP contribution >= 0.6 is 0 Å². The van der Waals surface area contributed by atoms with Gasteiger partial charge < -0.3 is 0 Å². The summed E-state index contributed by atoms with van der Waals surface area (Å²) in [6.45, 7) is 8.97. The molecule has 0 aliphatic heterocycles. The van der Waals surface area contributed by atoms with Gasteiger partial charge in [-0.25, -0.2) is 9.59 Å². The molecular weight excluding hydrogens is 379 g/mol. The zero-order chi connectivity index (χ0) is 17.1. The molecule has 0 unspecified atom stereocenters. The van der Waals surface area contributed by atoms with Gasteiger partial charge in [0.05, 0.1) is 13.2 Å². The standard InChI is InChI=1S/2C8H16O3.Zr/c2*1-3-5-7-10-11-8(9)6-4-2;/h2*3-7H2,1-2H3;. The van der Waals surface area contributed by atoms with Crippen molar-refractivity contribution in [3.63, 3.8) is 0 Å². The molecule has 0 radical (unpaired) electrons. The van der Waals surface area contributed by atoms with Gasteiger partial charge in [-0.15, -0.1) is 0 Å². The van der Waals surface area contributed by atoms with Crippen molar-refractivity contribution in [2.75, 3.05) is 13.2 Å². The first-order valence-electron chi connectivity index (χ1n) is 8.26. The first kappa shape index (κ1) is 27.6. The Labute approximate surface area is 159 Å². The summed E-state index contributed by atoms with van der Waals surface area (Å²) < 4.78 is 0. The van der Waals surface area contributed by atoms with Crippen LogP contribution in [0.1, 0.15) is 79.1 Å². The van der Waals surface area contributed by atoms with E-state index in [9.17, 15) is 9.59 Å². The molecule has 136 valence electrons. The largest absolute Gasteiger partial charge is 0.342 e. The Bertz CT molecular complexity index is 235. The van der Waals surface area contributed by atoms with E-state index in [1.807, 2.05) is 13.8 Å². The average Bonchev–Trinajstić information content (AvgIpc) is 2.49. The van der Waals surface area contributed by atoms with Gasteiger partial charge in [-0.1, -0.05) is 40.5 Å². The van der Waals surface area contributed by atoms with E-state index in [2.05, 4.69) is 33.4 Å². The number of hydrogen-bond acceptors (Lipinski definition) is 6. The first-order chi connectivity index (χ1) is 10.6. The molecule has 0 bridgehead atoms. The molecule has 0 saturated heterocycles. The van der Waals surface area contributed by atoms with Crippen molar-refractivity contribution < 1.29 is 55.3 Å². The molecule has 7 heteroatoms. The Balaban J connectivity index is -0.000000333. The van der Waals surface area contributed by atoms with Gasteiger partial charge in [-0.2, -0.15) is 9.78 Å². The molecule has 23 heavy (non-hydrogen) atoms. The van der Waals surface area contributed by atoms with Crippen molar-refractivity contribution in [1.29, 1.82) is 0 Å².